The van der Waals surface area contributed by atoms with E-state index in [-0.39, 0.29) is 5.75 Å². The van der Waals surface area contributed by atoms with Gasteiger partial charge in [0.15, 0.2) is 0 Å². The maximum Gasteiger partial charge on any atom is 0.573 e. The third kappa shape index (κ3) is 3.79. The Morgan fingerprint density at radius 1 is 1.25 bits per heavy atom. The number of benzene rings is 1. The number of hydrogen-bond donors (Lipinski definition) is 1. The van der Waals surface area contributed by atoms with Crippen molar-refractivity contribution in [2.75, 3.05) is 18.5 Å². The first-order valence-corrected chi connectivity index (χ1v) is 6.69. The molecule has 0 amide bonds. The fourth-order valence-corrected chi connectivity index (χ4v) is 2.66. The summed E-state index contributed by atoms with van der Waals surface area (Å²) in [7, 11) is 1.95. The number of rotatable bonds is 3. The van der Waals surface area contributed by atoms with Crippen LogP contribution in [0.1, 0.15) is 19.8 Å². The van der Waals surface area contributed by atoms with Crippen LogP contribution < -0.4 is 15.0 Å². The van der Waals surface area contributed by atoms with Gasteiger partial charge in [0.25, 0.3) is 0 Å². The van der Waals surface area contributed by atoms with Crippen LogP contribution in [-0.2, 0) is 0 Å². The van der Waals surface area contributed by atoms with Gasteiger partial charge in [-0.3, -0.25) is 0 Å². The first kappa shape index (κ1) is 15.0. The summed E-state index contributed by atoms with van der Waals surface area (Å²) in [6.45, 7) is 3.02. The molecule has 6 heteroatoms. The number of halogens is 3. The molecule has 0 spiro atoms. The maximum absolute atomic E-state index is 12.1. The highest BCUT2D eigenvalue weighted by molar-refractivity contribution is 5.50. The zero-order valence-electron chi connectivity index (χ0n) is 11.6. The maximum atomic E-state index is 12.1. The van der Waals surface area contributed by atoms with E-state index in [1.807, 2.05) is 7.05 Å². The summed E-state index contributed by atoms with van der Waals surface area (Å²) in [5.41, 5.74) is 0.932. The van der Waals surface area contributed by atoms with E-state index >= 15 is 0 Å². The number of alkyl halides is 3. The number of ether oxygens (including phenoxy) is 1. The van der Waals surface area contributed by atoms with Crippen LogP contribution in [0, 0.1) is 0 Å². The Kier molecular flexibility index (Phi) is 4.42. The molecule has 112 valence electrons. The first-order chi connectivity index (χ1) is 9.39. The molecule has 20 heavy (non-hydrogen) atoms. The molecule has 0 saturated carbocycles. The molecule has 0 bridgehead atoms. The van der Waals surface area contributed by atoms with Gasteiger partial charge in [0.2, 0.25) is 0 Å². The van der Waals surface area contributed by atoms with Gasteiger partial charge >= 0.3 is 6.36 Å². The molecule has 1 heterocycles. The van der Waals surface area contributed by atoms with E-state index in [0.717, 1.165) is 25.1 Å². The Hall–Kier alpha value is -1.43. The van der Waals surface area contributed by atoms with E-state index < -0.39 is 6.36 Å². The smallest absolute Gasteiger partial charge is 0.406 e. The number of nitrogens with zero attached hydrogens (tertiary/aromatic N) is 1. The van der Waals surface area contributed by atoms with E-state index in [0.29, 0.717) is 12.1 Å². The zero-order valence-corrected chi connectivity index (χ0v) is 11.6. The van der Waals surface area contributed by atoms with Crippen molar-refractivity contribution in [1.82, 2.24) is 5.32 Å². The molecule has 1 aromatic rings. The minimum Gasteiger partial charge on any atom is -0.406 e. The third-order valence-electron chi connectivity index (χ3n) is 3.69. The molecule has 3 nitrogen and oxygen atoms in total. The summed E-state index contributed by atoms with van der Waals surface area (Å²) in [4.78, 5) is 2.21. The lowest BCUT2D eigenvalue weighted by Gasteiger charge is -2.39. The Morgan fingerprint density at radius 3 is 2.40 bits per heavy atom. The van der Waals surface area contributed by atoms with Crippen molar-refractivity contribution in [3.05, 3.63) is 24.3 Å². The van der Waals surface area contributed by atoms with Crippen LogP contribution in [0.4, 0.5) is 18.9 Å². The lowest BCUT2D eigenvalue weighted by molar-refractivity contribution is -0.274. The second-order valence-electron chi connectivity index (χ2n) is 5.09. The van der Waals surface area contributed by atoms with Crippen LogP contribution in [0.2, 0.25) is 0 Å². The minimum atomic E-state index is -4.64. The van der Waals surface area contributed by atoms with Crippen molar-refractivity contribution in [2.24, 2.45) is 0 Å². The van der Waals surface area contributed by atoms with Crippen molar-refractivity contribution in [2.45, 2.75) is 38.2 Å². The predicted molar refractivity (Wildman–Crippen MR) is 72.0 cm³/mol. The molecule has 1 N–H and O–H groups in total. The second kappa shape index (κ2) is 5.91. The highest BCUT2D eigenvalue weighted by Crippen LogP contribution is 2.28. The fourth-order valence-electron chi connectivity index (χ4n) is 2.66. The number of piperidine rings is 1. The molecule has 0 radical (unpaired) electrons. The molecule has 2 unspecified atom stereocenters. The number of hydrogen-bond acceptors (Lipinski definition) is 3. The van der Waals surface area contributed by atoms with Crippen LogP contribution in [-0.4, -0.2) is 32.0 Å². The van der Waals surface area contributed by atoms with Gasteiger partial charge in [0.1, 0.15) is 5.75 Å². The number of anilines is 1. The molecule has 1 aliphatic rings. The van der Waals surface area contributed by atoms with Gasteiger partial charge in [-0.15, -0.1) is 13.2 Å². The van der Waals surface area contributed by atoms with Crippen LogP contribution >= 0.6 is 0 Å². The van der Waals surface area contributed by atoms with Gasteiger partial charge in [-0.1, -0.05) is 0 Å². The van der Waals surface area contributed by atoms with Gasteiger partial charge in [-0.25, -0.2) is 0 Å². The molecule has 1 aliphatic heterocycles. The van der Waals surface area contributed by atoms with Crippen molar-refractivity contribution in [3.8, 4) is 5.75 Å². The summed E-state index contributed by atoms with van der Waals surface area (Å²) < 4.78 is 40.2. The first-order valence-electron chi connectivity index (χ1n) is 6.69. The summed E-state index contributed by atoms with van der Waals surface area (Å²) in [6, 6.07) is 6.94. The van der Waals surface area contributed by atoms with E-state index in [1.54, 1.807) is 12.1 Å². The van der Waals surface area contributed by atoms with Gasteiger partial charge < -0.3 is 15.0 Å². The quantitative estimate of drug-likeness (QED) is 0.924. The van der Waals surface area contributed by atoms with Gasteiger partial charge in [-0.2, -0.15) is 0 Å². The molecule has 1 fully saturated rings. The molecule has 0 aromatic heterocycles. The Morgan fingerprint density at radius 2 is 1.90 bits per heavy atom. The molecule has 1 saturated heterocycles. The highest BCUT2D eigenvalue weighted by Gasteiger charge is 2.31. The summed E-state index contributed by atoms with van der Waals surface area (Å²) in [6.07, 6.45) is -2.58. The van der Waals surface area contributed by atoms with Crippen LogP contribution in [0.25, 0.3) is 0 Å². The van der Waals surface area contributed by atoms with Crippen molar-refractivity contribution < 1.29 is 17.9 Å². The molecule has 2 rings (SSSR count). The summed E-state index contributed by atoms with van der Waals surface area (Å²) in [5.74, 6) is -0.181. The molecule has 2 atom stereocenters. The Balaban J connectivity index is 2.03. The van der Waals surface area contributed by atoms with Crippen molar-refractivity contribution in [1.29, 1.82) is 0 Å². The van der Waals surface area contributed by atoms with Gasteiger partial charge in [0, 0.05) is 24.3 Å². The average Bonchev–Trinajstić information content (AvgIpc) is 2.38. The molecular weight excluding hydrogens is 269 g/mol. The SMILES string of the molecule is CNC1CCN(c2ccc(OC(F)(F)F)cc2)C(C)C1. The lowest BCUT2D eigenvalue weighted by atomic mass is 9.98. The molecule has 1 aromatic carbocycles. The van der Waals surface area contributed by atoms with Crippen LogP contribution in [0.15, 0.2) is 24.3 Å². The highest BCUT2D eigenvalue weighted by atomic mass is 19.4. The largest absolute Gasteiger partial charge is 0.573 e. The van der Waals surface area contributed by atoms with Crippen molar-refractivity contribution in [3.63, 3.8) is 0 Å². The fraction of sp³-hybridized carbons (Fsp3) is 0.571. The van der Waals surface area contributed by atoms with Gasteiger partial charge in [-0.05, 0) is 51.1 Å². The van der Waals surface area contributed by atoms with E-state index in [2.05, 4.69) is 21.9 Å². The van der Waals surface area contributed by atoms with Crippen LogP contribution in [0.5, 0.6) is 5.75 Å². The Labute approximate surface area is 116 Å². The topological polar surface area (TPSA) is 24.5 Å². The normalized spacial score (nSPS) is 23.8. The minimum absolute atomic E-state index is 0.181. The third-order valence-corrected chi connectivity index (χ3v) is 3.69. The monoisotopic (exact) mass is 288 g/mol. The van der Waals surface area contributed by atoms with E-state index in [9.17, 15) is 13.2 Å². The van der Waals surface area contributed by atoms with E-state index in [4.69, 9.17) is 0 Å². The molecule has 0 aliphatic carbocycles. The second-order valence-corrected chi connectivity index (χ2v) is 5.09. The zero-order chi connectivity index (χ0) is 14.8. The van der Waals surface area contributed by atoms with Crippen LogP contribution in [0.3, 0.4) is 0 Å². The summed E-state index contributed by atoms with van der Waals surface area (Å²) >= 11 is 0. The summed E-state index contributed by atoms with van der Waals surface area (Å²) in [5, 5.41) is 3.27. The predicted octanol–water partition coefficient (Wildman–Crippen LogP) is 3.16. The molecular formula is C14H19F3N2O. The van der Waals surface area contributed by atoms with Crippen molar-refractivity contribution >= 4 is 5.69 Å². The van der Waals surface area contributed by atoms with E-state index in [1.165, 1.54) is 12.1 Å². The van der Waals surface area contributed by atoms with Gasteiger partial charge in [0.05, 0.1) is 0 Å². The average molecular weight is 288 g/mol. The number of nitrogens with one attached hydrogen (secondary N) is 1. The lowest BCUT2D eigenvalue weighted by Crippen LogP contribution is -2.46. The standard InChI is InChI=1S/C14H19F3N2O/c1-10-9-11(18-2)7-8-19(10)12-3-5-13(6-4-12)20-14(15,16)17/h3-6,10-11,18H,7-9H2,1-2H3. The Bertz CT molecular complexity index is 433.